The molecule has 0 aliphatic carbocycles. The van der Waals surface area contributed by atoms with Gasteiger partial charge in [0.2, 0.25) is 0 Å². The van der Waals surface area contributed by atoms with Crippen LogP contribution in [0.1, 0.15) is 6.92 Å². The van der Waals surface area contributed by atoms with Crippen molar-refractivity contribution >= 4 is 26.4 Å². The molecular weight excluding hydrogens is 301 g/mol. The van der Waals surface area contributed by atoms with E-state index in [0.717, 1.165) is 0 Å². The maximum atomic E-state index is 11.1. The average Bonchev–Trinajstić information content (AvgIpc) is 1.31. The Hall–Kier alpha value is 0.382. The molecule has 0 aromatic heterocycles. The van der Waals surface area contributed by atoms with Gasteiger partial charge in [-0.05, 0) is 0 Å². The van der Waals surface area contributed by atoms with Crippen molar-refractivity contribution in [2.45, 2.75) is 6.92 Å². The van der Waals surface area contributed by atoms with Crippen LogP contribution in [0, 0.1) is 0 Å². The van der Waals surface area contributed by atoms with Gasteiger partial charge in [-0.15, -0.1) is 0 Å². The number of halogens is 3. The van der Waals surface area contributed by atoms with Crippen LogP contribution in [0.15, 0.2) is 0 Å². The Morgan fingerprint density at radius 3 is 1.57 bits per heavy atom. The Labute approximate surface area is 46.0 Å². The van der Waals surface area contributed by atoms with Gasteiger partial charge in [0.15, 0.2) is 0 Å². The Morgan fingerprint density at radius 2 is 1.57 bits per heavy atom. The first kappa shape index (κ1) is 7.38. The van der Waals surface area contributed by atoms with Gasteiger partial charge in [0.05, 0.1) is 0 Å². The number of hydrogen-bond acceptors (Lipinski definition) is 1. The van der Waals surface area contributed by atoms with Crippen LogP contribution in [-0.2, 0) is 4.79 Å². The molecule has 0 N–H and O–H groups in total. The Bertz CT molecular complexity index is 85.4. The van der Waals surface area contributed by atoms with E-state index in [-0.39, 0.29) is 0 Å². The van der Waals surface area contributed by atoms with Crippen LogP contribution in [-0.4, -0.2) is 26.4 Å². The van der Waals surface area contributed by atoms with Crippen LogP contribution in [0.4, 0.5) is 7.53 Å². The monoisotopic (exact) mass is 305 g/mol. The second kappa shape index (κ2) is 2.10. The molecule has 0 saturated heterocycles. The summed E-state index contributed by atoms with van der Waals surface area (Å²) < 4.78 is 31.6. The van der Waals surface area contributed by atoms with Gasteiger partial charge in [-0.2, -0.15) is 0 Å². The van der Waals surface area contributed by atoms with E-state index in [0.29, 0.717) is 6.92 Å². The Balaban J connectivity index is 3.79. The van der Waals surface area contributed by atoms with Crippen LogP contribution >= 0.6 is 0 Å². The van der Waals surface area contributed by atoms with Crippen LogP contribution < -0.4 is 0 Å². The molecule has 0 unspecified atom stereocenters. The van der Waals surface area contributed by atoms with E-state index in [2.05, 4.69) is 0 Å². The molecule has 1 nitrogen and oxygen atoms in total. The summed E-state index contributed by atoms with van der Waals surface area (Å²) in [5, 5.41) is 0. The van der Waals surface area contributed by atoms with Crippen molar-refractivity contribution in [1.82, 2.24) is 0 Å². The fourth-order valence-corrected chi connectivity index (χ4v) is 0. The minimum absolute atomic E-state index is 0.588. The SMILES string of the molecule is C[C](=O)[Tl-]([F])([F])[F]. The zero-order valence-corrected chi connectivity index (χ0v) is 8.11. The maximum absolute atomic E-state index is 11.1. The summed E-state index contributed by atoms with van der Waals surface area (Å²) in [6, 6.07) is 0. The van der Waals surface area contributed by atoms with Crippen LogP contribution in [0.2, 0.25) is 0 Å². The number of carbonyl (C=O) groups excluding carboxylic acids is 1. The molecule has 0 aromatic carbocycles. The number of rotatable bonds is 1. The molecule has 7 heavy (non-hydrogen) atoms. The van der Waals surface area contributed by atoms with Crippen LogP contribution in [0.5, 0.6) is 0 Å². The van der Waals surface area contributed by atoms with E-state index in [9.17, 15) is 12.3 Å². The second-order valence-electron chi connectivity index (χ2n) is 1.19. The normalized spacial score (nSPS) is 11.4. The van der Waals surface area contributed by atoms with Gasteiger partial charge in [0.25, 0.3) is 0 Å². The van der Waals surface area contributed by atoms with Crippen molar-refractivity contribution in [3.63, 3.8) is 0 Å². The van der Waals surface area contributed by atoms with E-state index in [1.165, 1.54) is 0 Å². The number of hydrogen-bond donors (Lipinski definition) is 0. The zero-order valence-electron chi connectivity index (χ0n) is 3.62. The van der Waals surface area contributed by atoms with E-state index in [4.69, 9.17) is 0 Å². The molecule has 0 amide bonds. The predicted octanol–water partition coefficient (Wildman–Crippen LogP) is 0.962. The third kappa shape index (κ3) is 3.01. The Morgan fingerprint density at radius 1 is 1.43 bits per heavy atom. The zero-order chi connectivity index (χ0) is 6.08. The molecule has 0 aromatic rings. The molecule has 0 aliphatic heterocycles. The molecule has 0 aliphatic rings. The van der Waals surface area contributed by atoms with Gasteiger partial charge < -0.3 is 0 Å². The molecule has 0 fully saturated rings. The van der Waals surface area contributed by atoms with Crippen molar-refractivity contribution in [3.8, 4) is 0 Å². The Kier molecular flexibility index (Phi) is 2.21. The molecule has 0 saturated carbocycles. The van der Waals surface area contributed by atoms with Gasteiger partial charge in [0.1, 0.15) is 0 Å². The fraction of sp³-hybridized carbons (Fsp3) is 0.500. The number of carbonyl (C=O) groups is 1. The van der Waals surface area contributed by atoms with E-state index in [1.54, 1.807) is 0 Å². The van der Waals surface area contributed by atoms with Gasteiger partial charge in [-0.25, -0.2) is 0 Å². The van der Waals surface area contributed by atoms with Gasteiger partial charge in [-0.3, -0.25) is 0 Å². The average molecular weight is 304 g/mol. The molecular formula is C2H3F3OTl-. The molecule has 0 bridgehead atoms. The second-order valence-corrected chi connectivity index (χ2v) is 8.81. The molecule has 0 rings (SSSR count). The minimum atomic E-state index is -6.68. The fourth-order valence-electron chi connectivity index (χ4n) is 0. The first-order valence-electron chi connectivity index (χ1n) is 1.65. The summed E-state index contributed by atoms with van der Waals surface area (Å²) in [7, 11) is 0. The first-order valence-corrected chi connectivity index (χ1v) is 8.98. The summed E-state index contributed by atoms with van der Waals surface area (Å²) in [6.07, 6.45) is 0. The van der Waals surface area contributed by atoms with E-state index >= 15 is 0 Å². The molecule has 0 atom stereocenters. The third-order valence-electron chi connectivity index (χ3n) is 0.461. The summed E-state index contributed by atoms with van der Waals surface area (Å²) in [6.45, 7) is 0.588. The molecule has 0 spiro atoms. The van der Waals surface area contributed by atoms with E-state index < -0.39 is 26.4 Å². The van der Waals surface area contributed by atoms with Crippen molar-refractivity contribution in [2.75, 3.05) is 0 Å². The summed E-state index contributed by atoms with van der Waals surface area (Å²) in [5.41, 5.74) is 0. The van der Waals surface area contributed by atoms with Crippen LogP contribution in [0.3, 0.4) is 0 Å². The molecule has 42 valence electrons. The molecule has 5 heteroatoms. The van der Waals surface area contributed by atoms with Crippen LogP contribution in [0.25, 0.3) is 0 Å². The van der Waals surface area contributed by atoms with Gasteiger partial charge in [0, 0.05) is 0 Å². The summed E-state index contributed by atoms with van der Waals surface area (Å²) in [4.78, 5) is 9.44. The summed E-state index contributed by atoms with van der Waals surface area (Å²) >= 11 is -6.68. The molecule has 0 heterocycles. The quantitative estimate of drug-likeness (QED) is 0.660. The van der Waals surface area contributed by atoms with Gasteiger partial charge in [-0.1, -0.05) is 0 Å². The van der Waals surface area contributed by atoms with Gasteiger partial charge >= 0.3 is 45.6 Å². The predicted molar refractivity (Wildman–Crippen MR) is 19.8 cm³/mol. The topological polar surface area (TPSA) is 17.1 Å². The summed E-state index contributed by atoms with van der Waals surface area (Å²) in [5.74, 6) is 0. The molecule has 0 radical (unpaired) electrons. The van der Waals surface area contributed by atoms with Crippen molar-refractivity contribution in [3.05, 3.63) is 0 Å². The first-order chi connectivity index (χ1) is 2.94. The standard InChI is InChI=1S/C2H3O.3FH.Tl/c1-2-3;;;;/h1H3;3*1H;/q;;;;+2/p-3. The van der Waals surface area contributed by atoms with Crippen molar-refractivity contribution < 1.29 is 12.3 Å². The van der Waals surface area contributed by atoms with Crippen molar-refractivity contribution in [2.24, 2.45) is 0 Å². The van der Waals surface area contributed by atoms with Crippen molar-refractivity contribution in [1.29, 1.82) is 0 Å². The van der Waals surface area contributed by atoms with E-state index in [1.807, 2.05) is 0 Å². The third-order valence-corrected chi connectivity index (χ3v) is 4.04.